The van der Waals surface area contributed by atoms with Gasteiger partial charge in [0, 0.05) is 28.0 Å². The Kier molecular flexibility index (Phi) is 4.99. The first-order valence-corrected chi connectivity index (χ1v) is 7.87. The molecule has 2 N–H and O–H groups in total. The predicted molar refractivity (Wildman–Crippen MR) is 90.8 cm³/mol. The van der Waals surface area contributed by atoms with Crippen molar-refractivity contribution in [2.24, 2.45) is 0 Å². The van der Waals surface area contributed by atoms with Gasteiger partial charge >= 0.3 is 0 Å². The van der Waals surface area contributed by atoms with E-state index in [1.165, 1.54) is 0 Å². The quantitative estimate of drug-likeness (QED) is 0.766. The molecule has 0 aliphatic carbocycles. The topological polar surface area (TPSA) is 49.8 Å². The molecule has 0 unspecified atom stereocenters. The summed E-state index contributed by atoms with van der Waals surface area (Å²) in [5.74, 6) is 2.66. The minimum Gasteiger partial charge on any atom is -0.373 e. The summed E-state index contributed by atoms with van der Waals surface area (Å²) in [5, 5.41) is 6.38. The maximum atomic E-state index is 4.55. The highest BCUT2D eigenvalue weighted by Crippen LogP contribution is 2.29. The summed E-state index contributed by atoms with van der Waals surface area (Å²) in [4.78, 5) is 9.00. The molecule has 0 aliphatic rings. The number of benzene rings is 1. The molecule has 1 aromatic heterocycles. The van der Waals surface area contributed by atoms with Gasteiger partial charge in [0.1, 0.15) is 17.5 Å². The van der Waals surface area contributed by atoms with E-state index in [9.17, 15) is 0 Å². The minimum absolute atomic E-state index is 0.273. The van der Waals surface area contributed by atoms with Crippen molar-refractivity contribution in [1.82, 2.24) is 9.97 Å². The zero-order chi connectivity index (χ0) is 14.7. The highest BCUT2D eigenvalue weighted by Gasteiger charge is 2.09. The summed E-state index contributed by atoms with van der Waals surface area (Å²) in [7, 11) is 1.85. The fourth-order valence-electron chi connectivity index (χ4n) is 1.65. The van der Waals surface area contributed by atoms with E-state index in [2.05, 4.69) is 66.3 Å². The summed E-state index contributed by atoms with van der Waals surface area (Å²) in [5.41, 5.74) is 0.954. The molecule has 6 heteroatoms. The van der Waals surface area contributed by atoms with Crippen LogP contribution in [-0.2, 0) is 0 Å². The lowest BCUT2D eigenvalue weighted by Gasteiger charge is -2.12. The second-order valence-electron chi connectivity index (χ2n) is 4.65. The molecule has 106 valence electrons. The Morgan fingerprint density at radius 1 is 1.05 bits per heavy atom. The third-order valence-electron chi connectivity index (χ3n) is 2.71. The van der Waals surface area contributed by atoms with Crippen molar-refractivity contribution in [1.29, 1.82) is 0 Å². The summed E-state index contributed by atoms with van der Waals surface area (Å²) in [6.45, 7) is 4.15. The van der Waals surface area contributed by atoms with Crippen LogP contribution in [-0.4, -0.2) is 17.0 Å². The van der Waals surface area contributed by atoms with Gasteiger partial charge in [-0.1, -0.05) is 29.8 Å². The van der Waals surface area contributed by atoms with Crippen molar-refractivity contribution in [2.75, 3.05) is 17.7 Å². The Balaban J connectivity index is 2.37. The Morgan fingerprint density at radius 2 is 1.75 bits per heavy atom. The number of hydrogen-bond acceptors (Lipinski definition) is 4. The number of hydrogen-bond donors (Lipinski definition) is 2. The van der Waals surface area contributed by atoms with Gasteiger partial charge in [0.25, 0.3) is 0 Å². The van der Waals surface area contributed by atoms with Gasteiger partial charge in [-0.2, -0.15) is 0 Å². The SMILES string of the molecule is CNc1cc(Nc2cc(Br)ccc2Br)nc(C(C)C)n1. The molecule has 0 saturated heterocycles. The van der Waals surface area contributed by atoms with Gasteiger partial charge in [0.2, 0.25) is 0 Å². The highest BCUT2D eigenvalue weighted by atomic mass is 79.9. The summed E-state index contributed by atoms with van der Waals surface area (Å²) < 4.78 is 1.99. The van der Waals surface area contributed by atoms with Crippen LogP contribution in [0.5, 0.6) is 0 Å². The van der Waals surface area contributed by atoms with Gasteiger partial charge in [-0.3, -0.25) is 0 Å². The Morgan fingerprint density at radius 3 is 2.40 bits per heavy atom. The molecule has 0 bridgehead atoms. The van der Waals surface area contributed by atoms with Crippen LogP contribution in [0.2, 0.25) is 0 Å². The normalized spacial score (nSPS) is 10.7. The van der Waals surface area contributed by atoms with Crippen molar-refractivity contribution >= 4 is 49.2 Å². The maximum Gasteiger partial charge on any atom is 0.136 e. The van der Waals surface area contributed by atoms with Gasteiger partial charge in [0.05, 0.1) is 5.69 Å². The Bertz CT molecular complexity index is 614. The smallest absolute Gasteiger partial charge is 0.136 e. The lowest BCUT2D eigenvalue weighted by molar-refractivity contribution is 0.778. The van der Waals surface area contributed by atoms with Crippen LogP contribution >= 0.6 is 31.9 Å². The minimum atomic E-state index is 0.273. The first kappa shape index (κ1) is 15.3. The molecule has 2 rings (SSSR count). The molecule has 1 aromatic carbocycles. The van der Waals surface area contributed by atoms with E-state index in [1.54, 1.807) is 0 Å². The van der Waals surface area contributed by atoms with Crippen LogP contribution < -0.4 is 10.6 Å². The van der Waals surface area contributed by atoms with Crippen LogP contribution in [0.15, 0.2) is 33.2 Å². The van der Waals surface area contributed by atoms with Crippen LogP contribution in [0.1, 0.15) is 25.6 Å². The number of anilines is 3. The van der Waals surface area contributed by atoms with E-state index in [4.69, 9.17) is 0 Å². The van der Waals surface area contributed by atoms with E-state index in [1.807, 2.05) is 31.3 Å². The average Bonchev–Trinajstić information content (AvgIpc) is 2.42. The van der Waals surface area contributed by atoms with E-state index >= 15 is 0 Å². The summed E-state index contributed by atoms with van der Waals surface area (Å²) >= 11 is 7.00. The van der Waals surface area contributed by atoms with Crippen molar-refractivity contribution < 1.29 is 0 Å². The predicted octanol–water partition coefficient (Wildman–Crippen LogP) is 4.91. The highest BCUT2D eigenvalue weighted by molar-refractivity contribution is 9.11. The molecule has 1 heterocycles. The van der Waals surface area contributed by atoms with Gasteiger partial charge in [0.15, 0.2) is 0 Å². The van der Waals surface area contributed by atoms with Gasteiger partial charge in [-0.05, 0) is 34.1 Å². The standard InChI is InChI=1S/C14H16Br2N4/c1-8(2)14-19-12(17-3)7-13(20-14)18-11-6-9(15)4-5-10(11)16/h4-8H,1-3H3,(H2,17,18,19,20). The number of rotatable bonds is 4. The average molecular weight is 400 g/mol. The molecule has 0 radical (unpaired) electrons. The van der Waals surface area contributed by atoms with E-state index in [0.717, 1.165) is 32.1 Å². The van der Waals surface area contributed by atoms with Crippen LogP contribution in [0, 0.1) is 0 Å². The van der Waals surface area contributed by atoms with Crippen LogP contribution in [0.25, 0.3) is 0 Å². The molecule has 0 aliphatic heterocycles. The third kappa shape index (κ3) is 3.70. The first-order chi connectivity index (χ1) is 9.49. The molecule has 4 nitrogen and oxygen atoms in total. The molecule has 0 fully saturated rings. The lowest BCUT2D eigenvalue weighted by atomic mass is 10.2. The molecule has 0 amide bonds. The molecular weight excluding hydrogens is 384 g/mol. The van der Waals surface area contributed by atoms with Crippen molar-refractivity contribution in [3.8, 4) is 0 Å². The number of halogens is 2. The molecule has 0 spiro atoms. The molecule has 0 atom stereocenters. The third-order valence-corrected chi connectivity index (χ3v) is 3.89. The van der Waals surface area contributed by atoms with Crippen molar-refractivity contribution in [3.05, 3.63) is 39.0 Å². The van der Waals surface area contributed by atoms with E-state index < -0.39 is 0 Å². The number of nitrogens with one attached hydrogen (secondary N) is 2. The van der Waals surface area contributed by atoms with Gasteiger partial charge in [-0.15, -0.1) is 0 Å². The first-order valence-electron chi connectivity index (χ1n) is 6.28. The van der Waals surface area contributed by atoms with Gasteiger partial charge < -0.3 is 10.6 Å². The summed E-state index contributed by atoms with van der Waals surface area (Å²) in [6, 6.07) is 7.85. The monoisotopic (exact) mass is 398 g/mol. The lowest BCUT2D eigenvalue weighted by Crippen LogP contribution is -2.05. The zero-order valence-corrected chi connectivity index (χ0v) is 14.7. The van der Waals surface area contributed by atoms with Gasteiger partial charge in [-0.25, -0.2) is 9.97 Å². The molecule has 2 aromatic rings. The molecule has 0 saturated carbocycles. The van der Waals surface area contributed by atoms with Crippen molar-refractivity contribution in [3.63, 3.8) is 0 Å². The zero-order valence-electron chi connectivity index (χ0n) is 11.5. The fourth-order valence-corrected chi connectivity index (χ4v) is 2.35. The summed E-state index contributed by atoms with van der Waals surface area (Å²) in [6.07, 6.45) is 0. The second kappa shape index (κ2) is 6.54. The number of nitrogens with zero attached hydrogens (tertiary/aromatic N) is 2. The largest absolute Gasteiger partial charge is 0.373 e. The van der Waals surface area contributed by atoms with Crippen LogP contribution in [0.4, 0.5) is 17.3 Å². The molecular formula is C14H16Br2N4. The number of aromatic nitrogens is 2. The Labute approximate surface area is 135 Å². The van der Waals surface area contributed by atoms with E-state index in [-0.39, 0.29) is 5.92 Å². The van der Waals surface area contributed by atoms with E-state index in [0.29, 0.717) is 0 Å². The maximum absolute atomic E-state index is 4.55. The van der Waals surface area contributed by atoms with Crippen LogP contribution in [0.3, 0.4) is 0 Å². The fraction of sp³-hybridized carbons (Fsp3) is 0.286. The molecule has 20 heavy (non-hydrogen) atoms. The van der Waals surface area contributed by atoms with Crippen molar-refractivity contribution in [2.45, 2.75) is 19.8 Å². The second-order valence-corrected chi connectivity index (χ2v) is 6.42. The Hall–Kier alpha value is -1.14.